The number of aliphatic imine (C=N–C) groups is 1. The van der Waals surface area contributed by atoms with Crippen molar-refractivity contribution in [3.8, 4) is 0 Å². The smallest absolute Gasteiger partial charge is 0.302 e. The molecule has 0 spiro atoms. The Morgan fingerprint density at radius 2 is 2.26 bits per heavy atom. The monoisotopic (exact) mass is 314 g/mol. The van der Waals surface area contributed by atoms with Crippen molar-refractivity contribution in [2.24, 2.45) is 4.99 Å². The number of carbonyl (C=O) groups excluding carboxylic acids is 1. The van der Waals surface area contributed by atoms with Gasteiger partial charge in [0.25, 0.3) is 0 Å². The van der Waals surface area contributed by atoms with Crippen molar-refractivity contribution in [1.82, 2.24) is 0 Å². The number of ether oxygens (including phenoxy) is 1. The fourth-order valence-electron chi connectivity index (χ4n) is 2.69. The van der Waals surface area contributed by atoms with E-state index in [-0.39, 0.29) is 12.1 Å². The maximum absolute atomic E-state index is 11.0. The van der Waals surface area contributed by atoms with Crippen LogP contribution in [0.4, 0.5) is 5.69 Å². The first-order valence-electron chi connectivity index (χ1n) is 8.34. The summed E-state index contributed by atoms with van der Waals surface area (Å²) in [7, 11) is 0. The van der Waals surface area contributed by atoms with E-state index in [0.29, 0.717) is 6.42 Å². The normalized spacial score (nSPS) is 15.3. The summed E-state index contributed by atoms with van der Waals surface area (Å²) in [5, 5.41) is 0. The second-order valence-electron chi connectivity index (χ2n) is 5.98. The Kier molecular flexibility index (Phi) is 6.39. The summed E-state index contributed by atoms with van der Waals surface area (Å²) in [6, 6.07) is 8.67. The molecule has 1 aliphatic rings. The summed E-state index contributed by atoms with van der Waals surface area (Å²) in [5.41, 5.74) is 3.49. The van der Waals surface area contributed by atoms with E-state index in [0.717, 1.165) is 18.7 Å². The second kappa shape index (κ2) is 8.51. The molecule has 1 aromatic rings. The molecule has 0 bridgehead atoms. The molecule has 0 aliphatic carbocycles. The molecule has 4 nitrogen and oxygen atoms in total. The molecule has 0 N–H and O–H groups in total. The third kappa shape index (κ3) is 5.55. The van der Waals surface area contributed by atoms with Gasteiger partial charge in [-0.25, -0.2) is 0 Å². The largest absolute Gasteiger partial charge is 0.462 e. The maximum Gasteiger partial charge on any atom is 0.302 e. The average Bonchev–Trinajstić information content (AvgIpc) is 2.52. The van der Waals surface area contributed by atoms with Crippen LogP contribution in [0.3, 0.4) is 0 Å². The van der Waals surface area contributed by atoms with Crippen LogP contribution in [0.2, 0.25) is 0 Å². The number of aryl methyl sites for hydroxylation is 1. The fourth-order valence-corrected chi connectivity index (χ4v) is 2.69. The number of nitrogens with zero attached hydrogens (tertiary/aromatic N) is 2. The Morgan fingerprint density at radius 3 is 3.00 bits per heavy atom. The van der Waals surface area contributed by atoms with Gasteiger partial charge in [-0.05, 0) is 37.5 Å². The lowest BCUT2D eigenvalue weighted by Crippen LogP contribution is -2.23. The number of hydrogen-bond donors (Lipinski definition) is 0. The van der Waals surface area contributed by atoms with Crippen LogP contribution in [0.5, 0.6) is 0 Å². The number of carbonyl (C=O) groups is 1. The number of esters is 1. The van der Waals surface area contributed by atoms with Gasteiger partial charge in [0.1, 0.15) is 6.10 Å². The molecule has 23 heavy (non-hydrogen) atoms. The summed E-state index contributed by atoms with van der Waals surface area (Å²) in [6.45, 7) is 6.30. The van der Waals surface area contributed by atoms with E-state index < -0.39 is 0 Å². The molecule has 1 atom stereocenters. The van der Waals surface area contributed by atoms with Gasteiger partial charge in [-0.15, -0.1) is 0 Å². The van der Waals surface area contributed by atoms with Crippen molar-refractivity contribution >= 4 is 17.9 Å². The van der Waals surface area contributed by atoms with E-state index >= 15 is 0 Å². The van der Waals surface area contributed by atoms with Crippen molar-refractivity contribution < 1.29 is 9.53 Å². The van der Waals surface area contributed by atoms with Crippen LogP contribution >= 0.6 is 0 Å². The molecule has 124 valence electrons. The molecule has 0 fully saturated rings. The molecule has 0 saturated carbocycles. The molecule has 1 heterocycles. The molecule has 0 radical (unpaired) electrons. The van der Waals surface area contributed by atoms with E-state index in [1.54, 1.807) is 0 Å². The molecule has 0 saturated heterocycles. The predicted molar refractivity (Wildman–Crippen MR) is 94.8 cm³/mol. The summed E-state index contributed by atoms with van der Waals surface area (Å²) in [4.78, 5) is 17.6. The van der Waals surface area contributed by atoms with Crippen molar-refractivity contribution in [3.63, 3.8) is 0 Å². The van der Waals surface area contributed by atoms with Crippen LogP contribution in [0, 0.1) is 0 Å². The standard InChI is InChI=1S/C19H26N2O2/c1-4-5-7-17-8-6-9-19(13-17)21-11-10-20-18(14-21)12-15(2)23-16(3)22/h6,8-10,13-15H,4-5,7,11-12H2,1-3H3. The van der Waals surface area contributed by atoms with Gasteiger partial charge in [-0.3, -0.25) is 9.79 Å². The van der Waals surface area contributed by atoms with Crippen molar-refractivity contribution in [1.29, 1.82) is 0 Å². The predicted octanol–water partition coefficient (Wildman–Crippen LogP) is 4.10. The molecule has 0 amide bonds. The first-order chi connectivity index (χ1) is 11.1. The highest BCUT2D eigenvalue weighted by atomic mass is 16.5. The van der Waals surface area contributed by atoms with Gasteiger partial charge in [-0.1, -0.05) is 25.5 Å². The van der Waals surface area contributed by atoms with Gasteiger partial charge >= 0.3 is 5.97 Å². The zero-order valence-corrected chi connectivity index (χ0v) is 14.3. The quantitative estimate of drug-likeness (QED) is 0.711. The van der Waals surface area contributed by atoms with E-state index in [1.807, 2.05) is 13.1 Å². The molecule has 0 aromatic heterocycles. The Balaban J connectivity index is 2.05. The van der Waals surface area contributed by atoms with Gasteiger partial charge in [0.2, 0.25) is 0 Å². The highest BCUT2D eigenvalue weighted by molar-refractivity contribution is 5.71. The minimum absolute atomic E-state index is 0.160. The molecular weight excluding hydrogens is 288 g/mol. The number of benzene rings is 1. The Hall–Kier alpha value is -2.10. The van der Waals surface area contributed by atoms with Crippen molar-refractivity contribution in [3.05, 3.63) is 41.7 Å². The lowest BCUT2D eigenvalue weighted by atomic mass is 10.1. The number of anilines is 1. The van der Waals surface area contributed by atoms with Gasteiger partial charge < -0.3 is 9.64 Å². The number of rotatable bonds is 7. The Labute approximate surface area is 138 Å². The zero-order chi connectivity index (χ0) is 16.7. The third-order valence-electron chi connectivity index (χ3n) is 3.77. The van der Waals surface area contributed by atoms with Gasteiger partial charge in [0.05, 0.1) is 12.2 Å². The van der Waals surface area contributed by atoms with Crippen LogP contribution in [0.25, 0.3) is 0 Å². The summed E-state index contributed by atoms with van der Waals surface area (Å²) in [5.74, 6) is -0.252. The molecule has 4 heteroatoms. The molecule has 2 rings (SSSR count). The van der Waals surface area contributed by atoms with E-state index in [1.165, 1.54) is 31.0 Å². The number of hydrogen-bond acceptors (Lipinski definition) is 4. The maximum atomic E-state index is 11.0. The zero-order valence-electron chi connectivity index (χ0n) is 14.3. The van der Waals surface area contributed by atoms with Crippen LogP contribution in [-0.4, -0.2) is 24.8 Å². The third-order valence-corrected chi connectivity index (χ3v) is 3.77. The van der Waals surface area contributed by atoms with Gasteiger partial charge in [0, 0.05) is 31.4 Å². The van der Waals surface area contributed by atoms with Gasteiger partial charge in [0.15, 0.2) is 0 Å². The topological polar surface area (TPSA) is 41.9 Å². The molecule has 1 aromatic carbocycles. The summed E-state index contributed by atoms with van der Waals surface area (Å²) in [6.07, 6.45) is 7.97. The lowest BCUT2D eigenvalue weighted by molar-refractivity contribution is -0.145. The van der Waals surface area contributed by atoms with Crippen molar-refractivity contribution in [2.75, 3.05) is 11.4 Å². The summed E-state index contributed by atoms with van der Waals surface area (Å²) >= 11 is 0. The molecular formula is C19H26N2O2. The summed E-state index contributed by atoms with van der Waals surface area (Å²) < 4.78 is 5.19. The van der Waals surface area contributed by atoms with Crippen LogP contribution in [-0.2, 0) is 16.0 Å². The van der Waals surface area contributed by atoms with Crippen LogP contribution in [0.1, 0.15) is 45.6 Å². The van der Waals surface area contributed by atoms with E-state index in [9.17, 15) is 4.79 Å². The highest BCUT2D eigenvalue weighted by Gasteiger charge is 2.13. The lowest BCUT2D eigenvalue weighted by Gasteiger charge is -2.24. The van der Waals surface area contributed by atoms with E-state index in [2.05, 4.69) is 47.3 Å². The van der Waals surface area contributed by atoms with Crippen molar-refractivity contribution in [2.45, 2.75) is 52.6 Å². The Morgan fingerprint density at radius 1 is 1.43 bits per heavy atom. The molecule has 1 aliphatic heterocycles. The second-order valence-corrected chi connectivity index (χ2v) is 5.98. The van der Waals surface area contributed by atoms with Gasteiger partial charge in [-0.2, -0.15) is 0 Å². The van der Waals surface area contributed by atoms with Crippen LogP contribution in [0.15, 0.2) is 41.2 Å². The average molecular weight is 314 g/mol. The molecule has 1 unspecified atom stereocenters. The first-order valence-corrected chi connectivity index (χ1v) is 8.34. The number of unbranched alkanes of at least 4 members (excludes halogenated alkanes) is 1. The fraction of sp³-hybridized carbons (Fsp3) is 0.474. The SMILES string of the molecule is CCCCc1cccc(N2C=C(CC(C)OC(C)=O)N=CC2)c1. The highest BCUT2D eigenvalue weighted by Crippen LogP contribution is 2.22. The van der Waals surface area contributed by atoms with Crippen LogP contribution < -0.4 is 4.90 Å². The Bertz CT molecular complexity index is 593. The minimum Gasteiger partial charge on any atom is -0.462 e. The minimum atomic E-state index is -0.252. The first kappa shape index (κ1) is 17.3. The van der Waals surface area contributed by atoms with E-state index in [4.69, 9.17) is 4.74 Å².